The molecule has 0 radical (unpaired) electrons. The van der Waals surface area contributed by atoms with E-state index in [9.17, 15) is 4.79 Å². The van der Waals surface area contributed by atoms with Crippen LogP contribution in [0, 0.1) is 0 Å². The maximum Gasteiger partial charge on any atom is 0.343 e. The number of hydrogen-bond donors (Lipinski definition) is 0. The van der Waals surface area contributed by atoms with Gasteiger partial charge < -0.3 is 9.15 Å². The van der Waals surface area contributed by atoms with Gasteiger partial charge in [-0.05, 0) is 23.9 Å². The van der Waals surface area contributed by atoms with E-state index in [-0.39, 0.29) is 17.8 Å². The van der Waals surface area contributed by atoms with E-state index >= 15 is 0 Å². The third-order valence-electron chi connectivity index (χ3n) is 2.95. The molecule has 2 heterocycles. The van der Waals surface area contributed by atoms with Gasteiger partial charge in [0.1, 0.15) is 11.9 Å². The first-order chi connectivity index (χ1) is 7.79. The summed E-state index contributed by atoms with van der Waals surface area (Å²) in [4.78, 5) is 11.7. The molecule has 82 valence electrons. The molecular weight excluding hydrogens is 204 g/mol. The molecule has 1 aromatic heterocycles. The lowest BCUT2D eigenvalue weighted by molar-refractivity contribution is 0.337. The number of ether oxygens (including phenoxy) is 1. The fourth-order valence-electron chi connectivity index (χ4n) is 2.00. The predicted molar refractivity (Wildman–Crippen MR) is 60.4 cm³/mol. The SMILES string of the molecule is CC[C@@H]1O[C@H]1c1cc2ccccc2c(=O)o1. The average Bonchev–Trinajstić information content (AvgIpc) is 3.08. The molecule has 0 spiro atoms. The van der Waals surface area contributed by atoms with Gasteiger partial charge in [-0.3, -0.25) is 0 Å². The van der Waals surface area contributed by atoms with Crippen molar-refractivity contribution in [1.29, 1.82) is 0 Å². The van der Waals surface area contributed by atoms with E-state index in [1.165, 1.54) is 0 Å². The predicted octanol–water partition coefficient (Wildman–Crippen LogP) is 2.64. The summed E-state index contributed by atoms with van der Waals surface area (Å²) in [6.07, 6.45) is 1.13. The number of fused-ring (bicyclic) bond motifs is 1. The second-order valence-electron chi connectivity index (χ2n) is 4.03. The van der Waals surface area contributed by atoms with E-state index in [0.717, 1.165) is 11.8 Å². The Kier molecular flexibility index (Phi) is 2.07. The third kappa shape index (κ3) is 1.44. The molecule has 16 heavy (non-hydrogen) atoms. The van der Waals surface area contributed by atoms with Gasteiger partial charge in [0.25, 0.3) is 0 Å². The Balaban J connectivity index is 2.12. The molecule has 3 heteroatoms. The van der Waals surface area contributed by atoms with E-state index < -0.39 is 0 Å². The number of epoxide rings is 1. The maximum absolute atomic E-state index is 11.7. The molecule has 2 aromatic rings. The van der Waals surface area contributed by atoms with Gasteiger partial charge in [0.15, 0.2) is 0 Å². The van der Waals surface area contributed by atoms with Crippen LogP contribution in [0.3, 0.4) is 0 Å². The van der Waals surface area contributed by atoms with E-state index in [1.807, 2.05) is 24.3 Å². The first-order valence-corrected chi connectivity index (χ1v) is 5.48. The standard InChI is InChI=1S/C13H12O3/c1-2-10-12(15-10)11-7-8-5-3-4-6-9(8)13(14)16-11/h3-7,10,12H,2H2,1H3/t10-,12+/m0/s1. The molecule has 0 bridgehead atoms. The highest BCUT2D eigenvalue weighted by molar-refractivity contribution is 5.81. The smallest absolute Gasteiger partial charge is 0.343 e. The minimum Gasteiger partial charge on any atom is -0.424 e. The number of hydrogen-bond acceptors (Lipinski definition) is 3. The molecule has 0 aliphatic carbocycles. The van der Waals surface area contributed by atoms with Crippen LogP contribution in [-0.4, -0.2) is 6.10 Å². The van der Waals surface area contributed by atoms with Crippen LogP contribution in [0.15, 0.2) is 39.5 Å². The van der Waals surface area contributed by atoms with Gasteiger partial charge in [-0.25, -0.2) is 4.79 Å². The van der Waals surface area contributed by atoms with Crippen molar-refractivity contribution in [3.63, 3.8) is 0 Å². The first-order valence-electron chi connectivity index (χ1n) is 5.48. The molecule has 0 N–H and O–H groups in total. The Morgan fingerprint density at radius 1 is 1.31 bits per heavy atom. The largest absolute Gasteiger partial charge is 0.424 e. The van der Waals surface area contributed by atoms with E-state index in [2.05, 4.69) is 6.92 Å². The van der Waals surface area contributed by atoms with Crippen molar-refractivity contribution in [2.75, 3.05) is 0 Å². The summed E-state index contributed by atoms with van der Waals surface area (Å²) in [6, 6.07) is 9.34. The summed E-state index contributed by atoms with van der Waals surface area (Å²) in [5.41, 5.74) is -0.279. The van der Waals surface area contributed by atoms with E-state index in [1.54, 1.807) is 6.07 Å². The van der Waals surface area contributed by atoms with Crippen LogP contribution < -0.4 is 5.63 Å². The zero-order valence-electron chi connectivity index (χ0n) is 8.97. The highest BCUT2D eigenvalue weighted by Crippen LogP contribution is 2.40. The first kappa shape index (κ1) is 9.60. The van der Waals surface area contributed by atoms with Crippen molar-refractivity contribution in [2.24, 2.45) is 0 Å². The Hall–Kier alpha value is -1.61. The van der Waals surface area contributed by atoms with E-state index in [0.29, 0.717) is 11.1 Å². The monoisotopic (exact) mass is 216 g/mol. The van der Waals surface area contributed by atoms with Crippen molar-refractivity contribution < 1.29 is 9.15 Å². The normalized spacial score (nSPS) is 23.6. The van der Waals surface area contributed by atoms with Gasteiger partial charge in [-0.2, -0.15) is 0 Å². The molecule has 1 aliphatic heterocycles. The minimum absolute atomic E-state index is 0.0256. The topological polar surface area (TPSA) is 42.7 Å². The fraction of sp³-hybridized carbons (Fsp3) is 0.308. The Labute approximate surface area is 92.6 Å². The lowest BCUT2D eigenvalue weighted by atomic mass is 10.1. The van der Waals surface area contributed by atoms with Crippen LogP contribution >= 0.6 is 0 Å². The molecule has 0 saturated carbocycles. The van der Waals surface area contributed by atoms with Crippen LogP contribution in [0.4, 0.5) is 0 Å². The van der Waals surface area contributed by atoms with Crippen LogP contribution in [0.25, 0.3) is 10.8 Å². The van der Waals surface area contributed by atoms with Gasteiger partial charge in [-0.15, -0.1) is 0 Å². The quantitative estimate of drug-likeness (QED) is 0.725. The molecule has 3 nitrogen and oxygen atoms in total. The number of rotatable bonds is 2. The summed E-state index contributed by atoms with van der Waals surface area (Å²) in [5, 5.41) is 1.54. The molecule has 1 saturated heterocycles. The lowest BCUT2D eigenvalue weighted by Crippen LogP contribution is -2.02. The third-order valence-corrected chi connectivity index (χ3v) is 2.95. The van der Waals surface area contributed by atoms with Gasteiger partial charge >= 0.3 is 5.63 Å². The maximum atomic E-state index is 11.7. The second-order valence-corrected chi connectivity index (χ2v) is 4.03. The molecular formula is C13H12O3. The summed E-state index contributed by atoms with van der Waals surface area (Å²) in [6.45, 7) is 2.06. The van der Waals surface area contributed by atoms with E-state index in [4.69, 9.17) is 9.15 Å². The van der Waals surface area contributed by atoms with Gasteiger partial charge in [0, 0.05) is 0 Å². The van der Waals surface area contributed by atoms with Gasteiger partial charge in [0.05, 0.1) is 11.5 Å². The van der Waals surface area contributed by atoms with Gasteiger partial charge in [-0.1, -0.05) is 25.1 Å². The highest BCUT2D eigenvalue weighted by atomic mass is 16.6. The van der Waals surface area contributed by atoms with Crippen LogP contribution in [0.5, 0.6) is 0 Å². The lowest BCUT2D eigenvalue weighted by Gasteiger charge is -1.98. The summed E-state index contributed by atoms with van der Waals surface area (Å²) < 4.78 is 10.7. The summed E-state index contributed by atoms with van der Waals surface area (Å²) in [7, 11) is 0. The summed E-state index contributed by atoms with van der Waals surface area (Å²) >= 11 is 0. The molecule has 2 atom stereocenters. The Morgan fingerprint density at radius 3 is 2.88 bits per heavy atom. The number of benzene rings is 1. The molecule has 1 fully saturated rings. The molecule has 0 unspecified atom stereocenters. The van der Waals surface area contributed by atoms with Crippen molar-refractivity contribution >= 4 is 10.8 Å². The zero-order chi connectivity index (χ0) is 11.1. The van der Waals surface area contributed by atoms with Crippen molar-refractivity contribution in [3.8, 4) is 0 Å². The fourth-order valence-corrected chi connectivity index (χ4v) is 2.00. The van der Waals surface area contributed by atoms with Crippen LogP contribution in [0.2, 0.25) is 0 Å². The minimum atomic E-state index is -0.279. The van der Waals surface area contributed by atoms with Gasteiger partial charge in [0.2, 0.25) is 0 Å². The summed E-state index contributed by atoms with van der Waals surface area (Å²) in [5.74, 6) is 0.649. The van der Waals surface area contributed by atoms with Crippen molar-refractivity contribution in [2.45, 2.75) is 25.6 Å². The van der Waals surface area contributed by atoms with Crippen LogP contribution in [0.1, 0.15) is 25.2 Å². The Morgan fingerprint density at radius 2 is 2.12 bits per heavy atom. The van der Waals surface area contributed by atoms with Crippen LogP contribution in [-0.2, 0) is 4.74 Å². The highest BCUT2D eigenvalue weighted by Gasteiger charge is 2.40. The molecule has 1 aromatic carbocycles. The molecule has 3 rings (SSSR count). The average molecular weight is 216 g/mol. The van der Waals surface area contributed by atoms with Crippen molar-refractivity contribution in [3.05, 3.63) is 46.5 Å². The second kappa shape index (κ2) is 3.46. The molecule has 1 aliphatic rings. The Bertz CT molecular complexity index is 585. The molecule has 0 amide bonds. The van der Waals surface area contributed by atoms with Crippen molar-refractivity contribution in [1.82, 2.24) is 0 Å². The zero-order valence-corrected chi connectivity index (χ0v) is 8.97.